The molecule has 0 aromatic carbocycles. The first-order valence-corrected chi connectivity index (χ1v) is 5.82. The van der Waals surface area contributed by atoms with Crippen LogP contribution in [0.15, 0.2) is 0 Å². The van der Waals surface area contributed by atoms with Crippen molar-refractivity contribution in [3.63, 3.8) is 0 Å². The summed E-state index contributed by atoms with van der Waals surface area (Å²) in [6.45, 7) is 5.63. The van der Waals surface area contributed by atoms with Crippen LogP contribution in [-0.2, 0) is 0 Å². The Morgan fingerprint density at radius 3 is 2.20 bits per heavy atom. The van der Waals surface area contributed by atoms with Gasteiger partial charge in [0.2, 0.25) is 0 Å². The van der Waals surface area contributed by atoms with Crippen molar-refractivity contribution >= 4 is 6.09 Å². The monoisotopic (exact) mass is 212 g/mol. The molecule has 0 radical (unpaired) electrons. The van der Waals surface area contributed by atoms with Crippen LogP contribution < -0.4 is 5.32 Å². The molecule has 2 aliphatic rings. The second-order valence-corrected chi connectivity index (χ2v) is 5.11. The number of likely N-dealkylation sites (tertiary alicyclic amines) is 1. The molecule has 0 spiro atoms. The zero-order valence-electron chi connectivity index (χ0n) is 9.44. The lowest BCUT2D eigenvalue weighted by atomic mass is 9.86. The second-order valence-electron chi connectivity index (χ2n) is 5.11. The molecule has 2 N–H and O–H groups in total. The van der Waals surface area contributed by atoms with Crippen LogP contribution in [0.5, 0.6) is 0 Å². The van der Waals surface area contributed by atoms with Gasteiger partial charge in [0, 0.05) is 25.2 Å². The van der Waals surface area contributed by atoms with E-state index in [0.717, 1.165) is 0 Å². The predicted octanol–water partition coefficient (Wildman–Crippen LogP) is 1.37. The molecular weight excluding hydrogens is 192 g/mol. The molecule has 86 valence electrons. The molecule has 4 nitrogen and oxygen atoms in total. The van der Waals surface area contributed by atoms with Crippen molar-refractivity contribution in [3.05, 3.63) is 0 Å². The molecule has 2 atom stereocenters. The van der Waals surface area contributed by atoms with E-state index in [4.69, 9.17) is 5.11 Å². The fraction of sp³-hybridized carbons (Fsp3) is 0.909. The van der Waals surface area contributed by atoms with Gasteiger partial charge in [-0.25, -0.2) is 4.79 Å². The minimum Gasteiger partial charge on any atom is -0.465 e. The van der Waals surface area contributed by atoms with Crippen LogP contribution in [0.1, 0.15) is 26.7 Å². The first kappa shape index (κ1) is 10.7. The molecule has 2 fully saturated rings. The highest BCUT2D eigenvalue weighted by molar-refractivity contribution is 5.65. The topological polar surface area (TPSA) is 52.6 Å². The van der Waals surface area contributed by atoms with Crippen LogP contribution in [-0.4, -0.2) is 41.3 Å². The number of carbonyl (C=O) groups is 1. The third-order valence-electron chi connectivity index (χ3n) is 3.52. The SMILES string of the molecule is CC1CN(C(=O)O)CC(C)C1NC1CC1. The third kappa shape index (κ3) is 2.43. The Morgan fingerprint density at radius 2 is 1.80 bits per heavy atom. The summed E-state index contributed by atoms with van der Waals surface area (Å²) >= 11 is 0. The average Bonchev–Trinajstić information content (AvgIpc) is 2.94. The molecule has 0 aromatic rings. The lowest BCUT2D eigenvalue weighted by Crippen LogP contribution is -2.55. The average molecular weight is 212 g/mol. The summed E-state index contributed by atoms with van der Waals surface area (Å²) in [7, 11) is 0. The summed E-state index contributed by atoms with van der Waals surface area (Å²) in [6.07, 6.45) is 1.80. The van der Waals surface area contributed by atoms with Gasteiger partial charge in [0.1, 0.15) is 0 Å². The number of carboxylic acid groups (broad SMARTS) is 1. The minimum absolute atomic E-state index is 0.422. The van der Waals surface area contributed by atoms with Crippen LogP contribution in [0.3, 0.4) is 0 Å². The van der Waals surface area contributed by atoms with Gasteiger partial charge in [0.25, 0.3) is 0 Å². The Balaban J connectivity index is 1.93. The van der Waals surface area contributed by atoms with Crippen LogP contribution in [0.2, 0.25) is 0 Å². The Hall–Kier alpha value is -0.770. The highest BCUT2D eigenvalue weighted by atomic mass is 16.4. The first-order chi connectivity index (χ1) is 7.08. The molecule has 1 amide bonds. The van der Waals surface area contributed by atoms with E-state index in [9.17, 15) is 4.79 Å². The second kappa shape index (κ2) is 4.00. The summed E-state index contributed by atoms with van der Waals surface area (Å²) in [6, 6.07) is 1.20. The van der Waals surface area contributed by atoms with E-state index in [2.05, 4.69) is 19.2 Å². The Bertz CT molecular complexity index is 241. The number of nitrogens with one attached hydrogen (secondary N) is 1. The van der Waals surface area contributed by atoms with E-state index < -0.39 is 6.09 Å². The molecule has 4 heteroatoms. The first-order valence-electron chi connectivity index (χ1n) is 5.82. The summed E-state index contributed by atoms with van der Waals surface area (Å²) in [5.41, 5.74) is 0. The third-order valence-corrected chi connectivity index (χ3v) is 3.52. The molecule has 1 aliphatic carbocycles. The van der Waals surface area contributed by atoms with Gasteiger partial charge in [-0.05, 0) is 24.7 Å². The lowest BCUT2D eigenvalue weighted by Gasteiger charge is -2.40. The highest BCUT2D eigenvalue weighted by Gasteiger charge is 2.36. The largest absolute Gasteiger partial charge is 0.465 e. The Labute approximate surface area is 90.6 Å². The van der Waals surface area contributed by atoms with Crippen molar-refractivity contribution < 1.29 is 9.90 Å². The summed E-state index contributed by atoms with van der Waals surface area (Å²) < 4.78 is 0. The van der Waals surface area contributed by atoms with Gasteiger partial charge in [0.05, 0.1) is 0 Å². The number of rotatable bonds is 2. The fourth-order valence-electron chi connectivity index (χ4n) is 2.56. The van der Waals surface area contributed by atoms with Crippen molar-refractivity contribution in [1.82, 2.24) is 10.2 Å². The lowest BCUT2D eigenvalue weighted by molar-refractivity contribution is 0.0849. The van der Waals surface area contributed by atoms with Crippen molar-refractivity contribution in [1.29, 1.82) is 0 Å². The van der Waals surface area contributed by atoms with Gasteiger partial charge in [-0.15, -0.1) is 0 Å². The van der Waals surface area contributed by atoms with Crippen molar-refractivity contribution in [2.45, 2.75) is 38.8 Å². The number of nitrogens with zero attached hydrogens (tertiary/aromatic N) is 1. The number of amides is 1. The quantitative estimate of drug-likeness (QED) is 0.727. The Morgan fingerprint density at radius 1 is 1.27 bits per heavy atom. The van der Waals surface area contributed by atoms with Crippen LogP contribution in [0.4, 0.5) is 4.79 Å². The van der Waals surface area contributed by atoms with E-state index in [-0.39, 0.29) is 0 Å². The molecule has 15 heavy (non-hydrogen) atoms. The molecule has 1 saturated heterocycles. The van der Waals surface area contributed by atoms with Gasteiger partial charge in [-0.2, -0.15) is 0 Å². The van der Waals surface area contributed by atoms with E-state index in [1.165, 1.54) is 12.8 Å². The molecule has 0 bridgehead atoms. The van der Waals surface area contributed by atoms with Crippen LogP contribution in [0, 0.1) is 11.8 Å². The Kier molecular flexibility index (Phi) is 2.87. The molecule has 1 saturated carbocycles. The van der Waals surface area contributed by atoms with Crippen molar-refractivity contribution in [3.8, 4) is 0 Å². The maximum Gasteiger partial charge on any atom is 0.407 e. The molecular formula is C11H20N2O2. The van der Waals surface area contributed by atoms with Gasteiger partial charge in [-0.1, -0.05) is 13.8 Å². The molecule has 2 unspecified atom stereocenters. The number of hydrogen-bond donors (Lipinski definition) is 2. The van der Waals surface area contributed by atoms with Gasteiger partial charge in [0.15, 0.2) is 0 Å². The van der Waals surface area contributed by atoms with E-state index in [0.29, 0.717) is 37.0 Å². The normalized spacial score (nSPS) is 36.7. The van der Waals surface area contributed by atoms with Crippen molar-refractivity contribution in [2.24, 2.45) is 11.8 Å². The van der Waals surface area contributed by atoms with Crippen LogP contribution in [0.25, 0.3) is 0 Å². The zero-order chi connectivity index (χ0) is 11.0. The standard InChI is InChI=1S/C11H20N2O2/c1-7-5-13(11(14)15)6-8(2)10(7)12-9-3-4-9/h7-10,12H,3-6H2,1-2H3,(H,14,15). The predicted molar refractivity (Wildman–Crippen MR) is 57.9 cm³/mol. The summed E-state index contributed by atoms with van der Waals surface area (Å²) in [5.74, 6) is 0.843. The van der Waals surface area contributed by atoms with E-state index >= 15 is 0 Å². The highest BCUT2D eigenvalue weighted by Crippen LogP contribution is 2.27. The molecule has 1 aliphatic heterocycles. The zero-order valence-corrected chi connectivity index (χ0v) is 9.44. The maximum atomic E-state index is 10.9. The molecule has 1 heterocycles. The van der Waals surface area contributed by atoms with Gasteiger partial charge < -0.3 is 15.3 Å². The van der Waals surface area contributed by atoms with Crippen LogP contribution >= 0.6 is 0 Å². The minimum atomic E-state index is -0.779. The maximum absolute atomic E-state index is 10.9. The van der Waals surface area contributed by atoms with Gasteiger partial charge in [-0.3, -0.25) is 0 Å². The smallest absolute Gasteiger partial charge is 0.407 e. The van der Waals surface area contributed by atoms with Crippen molar-refractivity contribution in [2.75, 3.05) is 13.1 Å². The number of hydrogen-bond acceptors (Lipinski definition) is 2. The number of piperidine rings is 1. The molecule has 0 aromatic heterocycles. The summed E-state index contributed by atoms with van der Waals surface area (Å²) in [5, 5.41) is 12.6. The van der Waals surface area contributed by atoms with E-state index in [1.807, 2.05) is 0 Å². The van der Waals surface area contributed by atoms with Gasteiger partial charge >= 0.3 is 6.09 Å². The summed E-state index contributed by atoms with van der Waals surface area (Å²) in [4.78, 5) is 12.4. The fourth-order valence-corrected chi connectivity index (χ4v) is 2.56. The molecule has 2 rings (SSSR count). The van der Waals surface area contributed by atoms with E-state index in [1.54, 1.807) is 4.90 Å².